The monoisotopic (exact) mass is 268 g/mol. The second kappa shape index (κ2) is 9.75. The summed E-state index contributed by atoms with van der Waals surface area (Å²) >= 11 is 0. The van der Waals surface area contributed by atoms with Gasteiger partial charge in [-0.1, -0.05) is 12.1 Å². The number of nitrogens with two attached hydrogens (primary N) is 1. The minimum Gasteiger partial charge on any atom is -0.492 e. The Balaban J connectivity index is 2.30. The SMILES string of the molecule is NCCc1ccc(OCCN(CCO)CCO)cc1. The van der Waals surface area contributed by atoms with E-state index in [9.17, 15) is 0 Å². The summed E-state index contributed by atoms with van der Waals surface area (Å²) in [5.74, 6) is 0.828. The lowest BCUT2D eigenvalue weighted by Gasteiger charge is -2.20. The molecule has 0 aliphatic carbocycles. The highest BCUT2D eigenvalue weighted by Gasteiger charge is 2.03. The fourth-order valence-electron chi connectivity index (χ4n) is 1.83. The highest BCUT2D eigenvalue weighted by Crippen LogP contribution is 2.12. The zero-order valence-electron chi connectivity index (χ0n) is 11.3. The van der Waals surface area contributed by atoms with Crippen LogP contribution in [0.25, 0.3) is 0 Å². The molecular formula is C14H24N2O3. The van der Waals surface area contributed by atoms with E-state index in [-0.39, 0.29) is 13.2 Å². The van der Waals surface area contributed by atoms with Crippen molar-refractivity contribution < 1.29 is 14.9 Å². The van der Waals surface area contributed by atoms with Crippen LogP contribution in [0.2, 0.25) is 0 Å². The van der Waals surface area contributed by atoms with Crippen LogP contribution in [0.5, 0.6) is 5.75 Å². The number of aliphatic hydroxyl groups is 2. The van der Waals surface area contributed by atoms with E-state index < -0.39 is 0 Å². The second-order valence-corrected chi connectivity index (χ2v) is 4.32. The lowest BCUT2D eigenvalue weighted by molar-refractivity contribution is 0.141. The third-order valence-corrected chi connectivity index (χ3v) is 2.87. The standard InChI is InChI=1S/C14H24N2O3/c15-6-5-13-1-3-14(4-2-13)19-12-9-16(7-10-17)8-11-18/h1-4,17-18H,5-12,15H2. The molecule has 1 rings (SSSR count). The lowest BCUT2D eigenvalue weighted by Crippen LogP contribution is -2.33. The van der Waals surface area contributed by atoms with Gasteiger partial charge in [-0.05, 0) is 30.7 Å². The highest BCUT2D eigenvalue weighted by molar-refractivity contribution is 5.27. The molecule has 0 heterocycles. The van der Waals surface area contributed by atoms with Crippen LogP contribution in [0.4, 0.5) is 0 Å². The molecule has 5 heteroatoms. The third kappa shape index (κ3) is 6.54. The number of nitrogens with zero attached hydrogens (tertiary/aromatic N) is 1. The molecule has 0 unspecified atom stereocenters. The van der Waals surface area contributed by atoms with Crippen molar-refractivity contribution in [3.8, 4) is 5.75 Å². The first-order valence-corrected chi connectivity index (χ1v) is 6.66. The Morgan fingerprint density at radius 1 is 1.00 bits per heavy atom. The molecule has 1 aromatic carbocycles. The van der Waals surface area contributed by atoms with Crippen molar-refractivity contribution in [2.24, 2.45) is 5.73 Å². The molecule has 0 aliphatic heterocycles. The second-order valence-electron chi connectivity index (χ2n) is 4.32. The van der Waals surface area contributed by atoms with Gasteiger partial charge in [0.05, 0.1) is 13.2 Å². The Hall–Kier alpha value is -1.14. The number of hydrogen-bond donors (Lipinski definition) is 3. The molecule has 0 aromatic heterocycles. The van der Waals surface area contributed by atoms with E-state index in [1.54, 1.807) is 0 Å². The number of hydrogen-bond acceptors (Lipinski definition) is 5. The van der Waals surface area contributed by atoms with Crippen LogP contribution in [0.3, 0.4) is 0 Å². The molecule has 0 fully saturated rings. The molecule has 0 amide bonds. The minimum absolute atomic E-state index is 0.0911. The Morgan fingerprint density at radius 2 is 1.63 bits per heavy atom. The van der Waals surface area contributed by atoms with Gasteiger partial charge in [-0.15, -0.1) is 0 Å². The Kier molecular flexibility index (Phi) is 8.16. The molecule has 0 radical (unpaired) electrons. The number of ether oxygens (including phenoxy) is 1. The highest BCUT2D eigenvalue weighted by atomic mass is 16.5. The van der Waals surface area contributed by atoms with Gasteiger partial charge in [0, 0.05) is 19.6 Å². The number of rotatable bonds is 10. The molecule has 5 nitrogen and oxygen atoms in total. The average Bonchev–Trinajstić information content (AvgIpc) is 2.41. The van der Waals surface area contributed by atoms with E-state index in [1.165, 1.54) is 5.56 Å². The smallest absolute Gasteiger partial charge is 0.119 e. The summed E-state index contributed by atoms with van der Waals surface area (Å²) in [6, 6.07) is 7.91. The zero-order valence-corrected chi connectivity index (χ0v) is 11.3. The van der Waals surface area contributed by atoms with Crippen LogP contribution < -0.4 is 10.5 Å². The van der Waals surface area contributed by atoms with Crippen molar-refractivity contribution in [2.45, 2.75) is 6.42 Å². The number of benzene rings is 1. The topological polar surface area (TPSA) is 79.0 Å². The predicted octanol–water partition coefficient (Wildman–Crippen LogP) is -0.147. The van der Waals surface area contributed by atoms with Crippen molar-refractivity contribution in [3.63, 3.8) is 0 Å². The Morgan fingerprint density at radius 3 is 2.16 bits per heavy atom. The van der Waals surface area contributed by atoms with Crippen molar-refractivity contribution in [3.05, 3.63) is 29.8 Å². The molecule has 1 aromatic rings. The summed E-state index contributed by atoms with van der Waals surface area (Å²) in [6.45, 7) is 3.17. The van der Waals surface area contributed by atoms with Gasteiger partial charge in [-0.3, -0.25) is 4.90 Å². The van der Waals surface area contributed by atoms with E-state index in [1.807, 2.05) is 29.2 Å². The van der Waals surface area contributed by atoms with Gasteiger partial charge in [0.25, 0.3) is 0 Å². The lowest BCUT2D eigenvalue weighted by atomic mass is 10.1. The van der Waals surface area contributed by atoms with Crippen LogP contribution in [-0.4, -0.2) is 61.1 Å². The fraction of sp³-hybridized carbons (Fsp3) is 0.571. The van der Waals surface area contributed by atoms with Crippen molar-refractivity contribution >= 4 is 0 Å². The zero-order chi connectivity index (χ0) is 13.9. The normalized spacial score (nSPS) is 10.9. The van der Waals surface area contributed by atoms with Crippen LogP contribution in [0, 0.1) is 0 Å². The van der Waals surface area contributed by atoms with Gasteiger partial charge in [0.2, 0.25) is 0 Å². The molecule has 0 saturated carbocycles. The van der Waals surface area contributed by atoms with E-state index in [0.29, 0.717) is 32.8 Å². The molecule has 4 N–H and O–H groups in total. The van der Waals surface area contributed by atoms with Gasteiger partial charge in [-0.25, -0.2) is 0 Å². The van der Waals surface area contributed by atoms with Gasteiger partial charge < -0.3 is 20.7 Å². The van der Waals surface area contributed by atoms with E-state index in [0.717, 1.165) is 12.2 Å². The predicted molar refractivity (Wildman–Crippen MR) is 75.3 cm³/mol. The van der Waals surface area contributed by atoms with E-state index >= 15 is 0 Å². The molecular weight excluding hydrogens is 244 g/mol. The summed E-state index contributed by atoms with van der Waals surface area (Å²) in [6.07, 6.45) is 0.876. The fourth-order valence-corrected chi connectivity index (χ4v) is 1.83. The van der Waals surface area contributed by atoms with Crippen LogP contribution in [0.1, 0.15) is 5.56 Å². The molecule has 0 spiro atoms. The molecule has 19 heavy (non-hydrogen) atoms. The molecule has 0 bridgehead atoms. The first-order valence-electron chi connectivity index (χ1n) is 6.66. The largest absolute Gasteiger partial charge is 0.492 e. The minimum atomic E-state index is 0.0911. The van der Waals surface area contributed by atoms with Crippen LogP contribution in [0.15, 0.2) is 24.3 Å². The first-order chi connectivity index (χ1) is 9.30. The van der Waals surface area contributed by atoms with Crippen molar-refractivity contribution in [2.75, 3.05) is 46.0 Å². The Labute approximate surface area is 114 Å². The average molecular weight is 268 g/mol. The number of aliphatic hydroxyl groups excluding tert-OH is 2. The maximum absolute atomic E-state index is 8.89. The maximum atomic E-state index is 8.89. The molecule has 0 atom stereocenters. The van der Waals surface area contributed by atoms with Crippen LogP contribution >= 0.6 is 0 Å². The maximum Gasteiger partial charge on any atom is 0.119 e. The van der Waals surface area contributed by atoms with Gasteiger partial charge >= 0.3 is 0 Å². The van der Waals surface area contributed by atoms with Gasteiger partial charge in [0.1, 0.15) is 12.4 Å². The molecule has 108 valence electrons. The quantitative estimate of drug-likeness (QED) is 0.550. The van der Waals surface area contributed by atoms with Crippen LogP contribution in [-0.2, 0) is 6.42 Å². The van der Waals surface area contributed by atoms with Gasteiger partial charge in [-0.2, -0.15) is 0 Å². The summed E-state index contributed by atoms with van der Waals surface area (Å²) < 4.78 is 5.63. The van der Waals surface area contributed by atoms with Gasteiger partial charge in [0.15, 0.2) is 0 Å². The molecule has 0 saturated heterocycles. The van der Waals surface area contributed by atoms with E-state index in [2.05, 4.69) is 0 Å². The third-order valence-electron chi connectivity index (χ3n) is 2.87. The van der Waals surface area contributed by atoms with Crippen molar-refractivity contribution in [1.82, 2.24) is 4.90 Å². The molecule has 0 aliphatic rings. The van der Waals surface area contributed by atoms with Crippen molar-refractivity contribution in [1.29, 1.82) is 0 Å². The summed E-state index contributed by atoms with van der Waals surface area (Å²) in [5.41, 5.74) is 6.70. The first kappa shape index (κ1) is 15.9. The summed E-state index contributed by atoms with van der Waals surface area (Å²) in [5, 5.41) is 17.8. The van der Waals surface area contributed by atoms with E-state index in [4.69, 9.17) is 20.7 Å². The Bertz CT molecular complexity index is 324. The summed E-state index contributed by atoms with van der Waals surface area (Å²) in [4.78, 5) is 1.96. The summed E-state index contributed by atoms with van der Waals surface area (Å²) in [7, 11) is 0.